The number of nitrogens with zero attached hydrogens (tertiary/aromatic N) is 4. The number of likely N-dealkylation sites (N-methyl/N-ethyl adjacent to an activating group) is 1. The van der Waals surface area contributed by atoms with E-state index in [2.05, 4.69) is 29.9 Å². The van der Waals surface area contributed by atoms with Crippen molar-refractivity contribution in [2.45, 2.75) is 39.2 Å². The number of carboxylic acids is 1. The number of fused-ring (bicyclic) bond motifs is 1. The number of aliphatic carboxylic acids is 1. The molecular weight excluding hydrogens is 532 g/mol. The molecule has 202 valence electrons. The number of halogens is 1. The van der Waals surface area contributed by atoms with Crippen LogP contribution in [0.5, 0.6) is 0 Å². The second-order valence-corrected chi connectivity index (χ2v) is 11.2. The number of carboxylic acid groups (broad SMARTS) is 1. The number of hydrogen-bond donors (Lipinski definition) is 1. The van der Waals surface area contributed by atoms with Gasteiger partial charge in [-0.2, -0.15) is 0 Å². The van der Waals surface area contributed by atoms with Crippen LogP contribution in [0.1, 0.15) is 49.2 Å². The average Bonchev–Trinajstić information content (AvgIpc) is 3.35. The Balaban J connectivity index is 1.66. The van der Waals surface area contributed by atoms with Gasteiger partial charge >= 0.3 is 5.97 Å². The minimum atomic E-state index is -1.10. The van der Waals surface area contributed by atoms with Crippen molar-refractivity contribution in [2.24, 2.45) is 0 Å². The molecule has 3 heterocycles. The molecule has 0 aliphatic carbocycles. The van der Waals surface area contributed by atoms with E-state index in [0.29, 0.717) is 17.2 Å². The molecule has 0 fully saturated rings. The third-order valence-corrected chi connectivity index (χ3v) is 8.27. The van der Waals surface area contributed by atoms with Crippen LogP contribution in [0.2, 0.25) is 5.02 Å². The van der Waals surface area contributed by atoms with E-state index < -0.39 is 12.1 Å². The molecule has 1 N–H and O–H groups in total. The van der Waals surface area contributed by atoms with Crippen molar-refractivity contribution in [2.75, 3.05) is 26.7 Å². The Morgan fingerprint density at radius 2 is 2.03 bits per heavy atom. The van der Waals surface area contributed by atoms with Gasteiger partial charge in [-0.1, -0.05) is 43.2 Å². The van der Waals surface area contributed by atoms with E-state index in [4.69, 9.17) is 26.3 Å². The second-order valence-electron chi connectivity index (χ2n) is 9.81. The third kappa shape index (κ3) is 5.89. The first-order chi connectivity index (χ1) is 18.9. The fourth-order valence-electron chi connectivity index (χ4n) is 4.79. The van der Waals surface area contributed by atoms with Crippen molar-refractivity contribution < 1.29 is 14.6 Å². The molecule has 0 radical (unpaired) electrons. The molecule has 0 saturated carbocycles. The van der Waals surface area contributed by atoms with Gasteiger partial charge in [0.1, 0.15) is 10.7 Å². The van der Waals surface area contributed by atoms with E-state index in [1.807, 2.05) is 43.3 Å². The highest BCUT2D eigenvalue weighted by Gasteiger charge is 2.29. The summed E-state index contributed by atoms with van der Waals surface area (Å²) in [6.07, 6.45) is 5.47. The van der Waals surface area contributed by atoms with Crippen molar-refractivity contribution in [1.29, 1.82) is 0 Å². The zero-order valence-corrected chi connectivity index (χ0v) is 23.8. The van der Waals surface area contributed by atoms with E-state index in [9.17, 15) is 9.90 Å². The fourth-order valence-corrected chi connectivity index (χ4v) is 6.01. The minimum Gasteiger partial charge on any atom is -0.479 e. The van der Waals surface area contributed by atoms with Crippen molar-refractivity contribution in [1.82, 2.24) is 19.9 Å². The first-order valence-electron chi connectivity index (χ1n) is 13.1. The van der Waals surface area contributed by atoms with Crippen LogP contribution in [0, 0.1) is 6.92 Å². The number of rotatable bonds is 9. The average molecular weight is 563 g/mol. The predicted octanol–water partition coefficient (Wildman–Crippen LogP) is 7.04. The van der Waals surface area contributed by atoms with Crippen LogP contribution < -0.4 is 0 Å². The van der Waals surface area contributed by atoms with Crippen LogP contribution in [0.15, 0.2) is 48.7 Å². The summed E-state index contributed by atoms with van der Waals surface area (Å²) in [7, 11) is 2.10. The summed E-state index contributed by atoms with van der Waals surface area (Å²) in [6.45, 7) is 6.19. The molecular formula is C30H31ClN4O3S. The van der Waals surface area contributed by atoms with Gasteiger partial charge in [0.15, 0.2) is 11.9 Å². The lowest BCUT2D eigenvalue weighted by molar-refractivity contribution is -0.151. The zero-order valence-electron chi connectivity index (χ0n) is 22.3. The highest BCUT2D eigenvalue weighted by molar-refractivity contribution is 7.22. The van der Waals surface area contributed by atoms with Crippen LogP contribution in [0.3, 0.4) is 0 Å². The zero-order chi connectivity index (χ0) is 27.5. The smallest absolute Gasteiger partial charge is 0.337 e. The molecule has 2 aromatic carbocycles. The first-order valence-corrected chi connectivity index (χ1v) is 14.3. The van der Waals surface area contributed by atoms with Gasteiger partial charge in [0, 0.05) is 42.0 Å². The van der Waals surface area contributed by atoms with Gasteiger partial charge < -0.3 is 14.7 Å². The van der Waals surface area contributed by atoms with E-state index in [1.54, 1.807) is 6.20 Å². The molecule has 0 saturated heterocycles. The van der Waals surface area contributed by atoms with E-state index in [1.165, 1.54) is 11.3 Å². The van der Waals surface area contributed by atoms with E-state index in [-0.39, 0.29) is 0 Å². The molecule has 1 unspecified atom stereocenters. The van der Waals surface area contributed by atoms with Crippen molar-refractivity contribution in [3.8, 4) is 21.8 Å². The normalized spacial score (nSPS) is 14.9. The molecule has 9 heteroatoms. The Morgan fingerprint density at radius 3 is 2.72 bits per heavy atom. The molecule has 5 rings (SSSR count). The number of unbranched alkanes of at least 4 members (excludes halogenated alkanes) is 1. The molecule has 0 amide bonds. The molecule has 0 spiro atoms. The van der Waals surface area contributed by atoms with E-state index in [0.717, 1.165) is 81.4 Å². The Kier molecular flexibility index (Phi) is 8.37. The molecule has 4 aromatic rings. The second kappa shape index (κ2) is 11.9. The van der Waals surface area contributed by atoms with Gasteiger partial charge in [-0.05, 0) is 67.8 Å². The minimum absolute atomic E-state index is 0.369. The van der Waals surface area contributed by atoms with Gasteiger partial charge in [0.2, 0.25) is 0 Å². The predicted molar refractivity (Wildman–Crippen MR) is 157 cm³/mol. The third-order valence-electron chi connectivity index (χ3n) is 6.90. The standard InChI is InChI=1S/C30H31ClN4O3S/c1-4-5-16-38-26(30(36)37)24-18(2)17-23-27(25(24)19-6-8-21(31)9-7-19)39-29(34-23)22-10-13-32-28(33-22)20-11-14-35(3)15-12-20/h6-11,13,17,26H,4-5,12,14-16H2,1-3H3,(H,36,37). The number of thiazole rings is 1. The lowest BCUT2D eigenvalue weighted by Gasteiger charge is -2.21. The number of benzene rings is 2. The fraction of sp³-hybridized carbons (Fsp3) is 0.333. The summed E-state index contributed by atoms with van der Waals surface area (Å²) in [5.41, 5.74) is 5.81. The summed E-state index contributed by atoms with van der Waals surface area (Å²) in [5.74, 6) is -0.287. The topological polar surface area (TPSA) is 88.4 Å². The maximum atomic E-state index is 12.5. The molecule has 1 aliphatic heterocycles. The summed E-state index contributed by atoms with van der Waals surface area (Å²) in [5, 5.41) is 11.6. The van der Waals surface area contributed by atoms with Crippen LogP contribution in [0.25, 0.3) is 37.6 Å². The van der Waals surface area contributed by atoms with Crippen LogP contribution in [0.4, 0.5) is 0 Å². The highest BCUT2D eigenvalue weighted by Crippen LogP contribution is 2.43. The van der Waals surface area contributed by atoms with Gasteiger partial charge in [-0.3, -0.25) is 0 Å². The van der Waals surface area contributed by atoms with Gasteiger partial charge in [-0.25, -0.2) is 19.7 Å². The Bertz CT molecular complexity index is 1530. The van der Waals surface area contributed by atoms with Crippen LogP contribution in [-0.4, -0.2) is 57.7 Å². The molecule has 1 aliphatic rings. The number of aryl methyl sites for hydroxylation is 1. The summed E-state index contributed by atoms with van der Waals surface area (Å²) < 4.78 is 6.84. The lowest BCUT2D eigenvalue weighted by atomic mass is 9.91. The SMILES string of the molecule is CCCCOC(C(=O)O)c1c(C)cc2nc(-c3ccnc(C4=CCN(C)CC4)n3)sc2c1-c1ccc(Cl)cc1. The summed E-state index contributed by atoms with van der Waals surface area (Å²) >= 11 is 7.71. The Labute approximate surface area is 237 Å². The number of ether oxygens (including phenoxy) is 1. The summed E-state index contributed by atoms with van der Waals surface area (Å²) in [4.78, 5) is 29.1. The quantitative estimate of drug-likeness (QED) is 0.219. The lowest BCUT2D eigenvalue weighted by Crippen LogP contribution is -2.24. The molecule has 0 bridgehead atoms. The van der Waals surface area contributed by atoms with Gasteiger partial charge in [-0.15, -0.1) is 11.3 Å². The summed E-state index contributed by atoms with van der Waals surface area (Å²) in [6, 6.07) is 11.3. The van der Waals surface area contributed by atoms with Crippen molar-refractivity contribution in [3.63, 3.8) is 0 Å². The molecule has 2 aromatic heterocycles. The number of carbonyl (C=O) groups is 1. The maximum Gasteiger partial charge on any atom is 0.337 e. The largest absolute Gasteiger partial charge is 0.479 e. The number of hydrogen-bond acceptors (Lipinski definition) is 7. The highest BCUT2D eigenvalue weighted by atomic mass is 35.5. The van der Waals surface area contributed by atoms with Crippen molar-refractivity contribution >= 4 is 44.7 Å². The first kappa shape index (κ1) is 27.4. The molecule has 39 heavy (non-hydrogen) atoms. The maximum absolute atomic E-state index is 12.5. The van der Waals surface area contributed by atoms with Crippen LogP contribution in [-0.2, 0) is 9.53 Å². The molecule has 1 atom stereocenters. The van der Waals surface area contributed by atoms with Crippen LogP contribution >= 0.6 is 22.9 Å². The Morgan fingerprint density at radius 1 is 1.23 bits per heavy atom. The monoisotopic (exact) mass is 562 g/mol. The number of aromatic nitrogens is 3. The van der Waals surface area contributed by atoms with Gasteiger partial charge in [0.05, 0.1) is 10.2 Å². The van der Waals surface area contributed by atoms with Crippen molar-refractivity contribution in [3.05, 3.63) is 70.6 Å². The van der Waals surface area contributed by atoms with E-state index >= 15 is 0 Å². The molecule has 7 nitrogen and oxygen atoms in total. The van der Waals surface area contributed by atoms with Gasteiger partial charge in [0.25, 0.3) is 0 Å². The Hall–Kier alpha value is -3.17.